The summed E-state index contributed by atoms with van der Waals surface area (Å²) >= 11 is 3.11. The number of hydrogen-bond donors (Lipinski definition) is 5. The van der Waals surface area contributed by atoms with Crippen molar-refractivity contribution in [2.45, 2.75) is 154 Å². The molecule has 6 aromatic rings. The Balaban J connectivity index is 0.781. The van der Waals surface area contributed by atoms with Crippen LogP contribution in [0.5, 0.6) is 11.8 Å². The number of aliphatic hydroxyl groups is 3. The third-order valence-electron chi connectivity index (χ3n) is 16.9. The maximum Gasteiger partial charge on any atom is 0.254 e. The third kappa shape index (κ3) is 12.9. The van der Waals surface area contributed by atoms with Crippen LogP contribution in [-0.4, -0.2) is 126 Å². The molecule has 432 valence electrons. The highest BCUT2D eigenvalue weighted by Gasteiger charge is 2.45. The SMILES string of the molecule is Cc1ncsc1-c1ccc([C@H](C)NC(=O)[C@@H]2CCCN2C(=O)[C@@H](c2cc(OC3CC(CO)C3)no2)C(C)CCc2ncsc2-c2ccc([C@H](C)NC(=O)[C@@H]3C[C@@H](O)CN3C(=O)C(c3cc(OC4CC(CO)C4)no3)C(C)C)cc2)cc1. The molecule has 10 rings (SSSR count). The zero-order chi connectivity index (χ0) is 57.1. The standard InChI is InChI=1S/C60H74N8O11S2/c1-32(2)53(49-25-51(65-78-49)76-44-20-37(21-44)28-69)59(74)68-27-43(71)24-48(68)58(73)64-35(5)40-12-16-42(17-13-40)56-46(62-31-81-56)18-9-33(3)54(50-26-52(66-79-50)77-45-22-38(23-45)29-70)60(75)67-19-7-8-47(67)57(72)63-34(4)39-10-14-41(15-11-39)55-36(6)61-30-80-55/h10-17,25-26,30-35,37-38,43-45,47-48,53-54,69-71H,7-9,18-24,27-29H2,1-6H3,(H,63,72)(H,64,73)/t33?,34-,35-,37?,38?,43+,44?,45?,47-,48-,53?,54+/m0/s1. The maximum atomic E-state index is 15.0. The average molecular weight is 1150 g/mol. The first-order chi connectivity index (χ1) is 39.0. The van der Waals surface area contributed by atoms with Crippen LogP contribution >= 0.6 is 22.7 Å². The van der Waals surface area contributed by atoms with Gasteiger partial charge in [0.2, 0.25) is 23.6 Å². The first-order valence-corrected chi connectivity index (χ1v) is 30.2. The van der Waals surface area contributed by atoms with Crippen LogP contribution in [0.2, 0.25) is 0 Å². The van der Waals surface area contributed by atoms with Gasteiger partial charge in [-0.3, -0.25) is 19.2 Å². The average Bonchev–Trinajstić information content (AvgIpc) is 4.53. The van der Waals surface area contributed by atoms with E-state index in [-0.39, 0.29) is 103 Å². The van der Waals surface area contributed by atoms with E-state index >= 15 is 4.79 Å². The lowest BCUT2D eigenvalue weighted by Gasteiger charge is -2.33. The first-order valence-electron chi connectivity index (χ1n) is 28.5. The molecule has 4 fully saturated rings. The smallest absolute Gasteiger partial charge is 0.254 e. The molecule has 0 radical (unpaired) electrons. The van der Waals surface area contributed by atoms with Crippen LogP contribution in [0.25, 0.3) is 20.9 Å². The van der Waals surface area contributed by atoms with Crippen molar-refractivity contribution in [1.82, 2.24) is 40.7 Å². The summed E-state index contributed by atoms with van der Waals surface area (Å²) < 4.78 is 23.6. The molecule has 0 bridgehead atoms. The fourth-order valence-corrected chi connectivity index (χ4v) is 13.6. The molecule has 8 atom stereocenters. The summed E-state index contributed by atoms with van der Waals surface area (Å²) in [4.78, 5) is 71.8. The number of aromatic nitrogens is 4. The molecule has 21 heteroatoms. The van der Waals surface area contributed by atoms with E-state index in [0.29, 0.717) is 69.4 Å². The van der Waals surface area contributed by atoms with Crippen molar-refractivity contribution in [3.05, 3.63) is 106 Å². The summed E-state index contributed by atoms with van der Waals surface area (Å²) in [7, 11) is 0. The van der Waals surface area contributed by atoms with Gasteiger partial charge in [0.15, 0.2) is 11.5 Å². The molecule has 2 saturated carbocycles. The molecule has 4 aromatic heterocycles. The zero-order valence-corrected chi connectivity index (χ0v) is 48.4. The Bertz CT molecular complexity index is 3110. The Kier molecular flexibility index (Phi) is 18.0. The minimum atomic E-state index is -0.900. The second-order valence-corrected chi connectivity index (χ2v) is 24.8. The van der Waals surface area contributed by atoms with Crippen molar-refractivity contribution >= 4 is 46.3 Å². The van der Waals surface area contributed by atoms with Gasteiger partial charge in [-0.2, -0.15) is 0 Å². The lowest BCUT2D eigenvalue weighted by Crippen LogP contribution is -2.48. The minimum Gasteiger partial charge on any atom is -0.472 e. The van der Waals surface area contributed by atoms with E-state index in [9.17, 15) is 29.7 Å². The Morgan fingerprint density at radius 3 is 1.75 bits per heavy atom. The predicted octanol–water partition coefficient (Wildman–Crippen LogP) is 8.32. The van der Waals surface area contributed by atoms with Crippen LogP contribution in [0.15, 0.2) is 80.7 Å². The van der Waals surface area contributed by atoms with E-state index in [1.54, 1.807) is 28.4 Å². The quantitative estimate of drug-likeness (QED) is 0.0404. The number of hydrogen-bond acceptors (Lipinski definition) is 17. The molecule has 19 nitrogen and oxygen atoms in total. The van der Waals surface area contributed by atoms with Crippen LogP contribution < -0.4 is 20.1 Å². The van der Waals surface area contributed by atoms with E-state index in [0.717, 1.165) is 43.4 Å². The Hall–Kier alpha value is -6.52. The van der Waals surface area contributed by atoms with Gasteiger partial charge >= 0.3 is 0 Å². The monoisotopic (exact) mass is 1150 g/mol. The number of ether oxygens (including phenoxy) is 2. The summed E-state index contributed by atoms with van der Waals surface area (Å²) in [6, 6.07) is 17.1. The van der Waals surface area contributed by atoms with Crippen LogP contribution in [-0.2, 0) is 25.6 Å². The van der Waals surface area contributed by atoms with Crippen molar-refractivity contribution in [2.75, 3.05) is 26.3 Å². The van der Waals surface area contributed by atoms with Gasteiger partial charge in [-0.1, -0.05) is 69.3 Å². The van der Waals surface area contributed by atoms with Gasteiger partial charge < -0.3 is 54.3 Å². The van der Waals surface area contributed by atoms with Gasteiger partial charge in [0.25, 0.3) is 11.8 Å². The van der Waals surface area contributed by atoms with E-state index in [4.69, 9.17) is 23.5 Å². The van der Waals surface area contributed by atoms with Crippen molar-refractivity contribution in [3.8, 4) is 32.6 Å². The van der Waals surface area contributed by atoms with Gasteiger partial charge in [0, 0.05) is 44.9 Å². The van der Waals surface area contributed by atoms with E-state index in [2.05, 4.69) is 25.9 Å². The number of nitrogens with zero attached hydrogens (tertiary/aromatic N) is 6. The van der Waals surface area contributed by atoms with E-state index in [1.807, 2.05) is 101 Å². The molecule has 4 amide bonds. The lowest BCUT2D eigenvalue weighted by molar-refractivity contribution is -0.141. The molecule has 2 aliphatic carbocycles. The van der Waals surface area contributed by atoms with Gasteiger partial charge in [-0.15, -0.1) is 22.7 Å². The highest BCUT2D eigenvalue weighted by molar-refractivity contribution is 7.13. The molecule has 2 aromatic carbocycles. The lowest BCUT2D eigenvalue weighted by atomic mass is 9.83. The van der Waals surface area contributed by atoms with Gasteiger partial charge in [-0.25, -0.2) is 9.97 Å². The van der Waals surface area contributed by atoms with Crippen LogP contribution in [0, 0.1) is 30.6 Å². The number of rotatable bonds is 23. The molecule has 4 aliphatic rings. The second kappa shape index (κ2) is 25.3. The number of thiazole rings is 2. The van der Waals surface area contributed by atoms with Crippen LogP contribution in [0.3, 0.4) is 0 Å². The molecular formula is C60H74N8O11S2. The molecule has 2 aliphatic heterocycles. The highest BCUT2D eigenvalue weighted by atomic mass is 32.1. The van der Waals surface area contributed by atoms with Crippen molar-refractivity contribution in [1.29, 1.82) is 0 Å². The minimum absolute atomic E-state index is 0.00484. The number of nitrogens with one attached hydrogen (secondary N) is 2. The van der Waals surface area contributed by atoms with Crippen molar-refractivity contribution < 1.29 is 53.0 Å². The number of amides is 4. The summed E-state index contributed by atoms with van der Waals surface area (Å²) in [5.74, 6) is -1.52. The number of aryl methyl sites for hydroxylation is 2. The van der Waals surface area contributed by atoms with Crippen molar-refractivity contribution in [3.63, 3.8) is 0 Å². The second-order valence-electron chi connectivity index (χ2n) is 23.1. The summed E-state index contributed by atoms with van der Waals surface area (Å²) in [6.07, 6.45) is 4.18. The molecule has 2 saturated heterocycles. The molecular weight excluding hydrogens is 1070 g/mol. The van der Waals surface area contributed by atoms with Crippen molar-refractivity contribution in [2.24, 2.45) is 23.7 Å². The van der Waals surface area contributed by atoms with Gasteiger partial charge in [-0.05, 0) is 128 Å². The Morgan fingerprint density at radius 2 is 1.21 bits per heavy atom. The Morgan fingerprint density at radius 1 is 0.691 bits per heavy atom. The largest absolute Gasteiger partial charge is 0.472 e. The predicted molar refractivity (Wildman–Crippen MR) is 303 cm³/mol. The molecule has 2 unspecified atom stereocenters. The van der Waals surface area contributed by atoms with Gasteiger partial charge in [0.1, 0.15) is 36.1 Å². The molecule has 5 N–H and O–H groups in total. The van der Waals surface area contributed by atoms with Gasteiger partial charge in [0.05, 0.1) is 50.4 Å². The number of benzene rings is 2. The fourth-order valence-electron chi connectivity index (χ4n) is 11.9. The fraction of sp³-hybridized carbons (Fsp3) is 0.533. The number of carbonyl (C=O) groups is 4. The zero-order valence-electron chi connectivity index (χ0n) is 46.7. The third-order valence-corrected chi connectivity index (χ3v) is 18.8. The number of β-amino-alcohol motifs (C(OH)–C–C–N with tert-alkyl or cyclic N) is 1. The van der Waals surface area contributed by atoms with E-state index in [1.165, 1.54) is 16.2 Å². The number of aliphatic hydroxyl groups excluding tert-OH is 3. The topological polar surface area (TPSA) is 256 Å². The highest BCUT2D eigenvalue weighted by Crippen LogP contribution is 2.40. The summed E-state index contributed by atoms with van der Waals surface area (Å²) in [5, 5.41) is 44.4. The number of likely N-dealkylation sites (tertiary alicyclic amines) is 2. The maximum absolute atomic E-state index is 15.0. The van der Waals surface area contributed by atoms with Crippen LogP contribution in [0.4, 0.5) is 0 Å². The summed E-state index contributed by atoms with van der Waals surface area (Å²) in [6.45, 7) is 12.3. The summed E-state index contributed by atoms with van der Waals surface area (Å²) in [5.41, 5.74) is 9.30. The normalized spacial score (nSPS) is 23.5. The molecule has 6 heterocycles. The number of carbonyl (C=O) groups excluding carboxylic acids is 4. The van der Waals surface area contributed by atoms with Crippen LogP contribution in [0.1, 0.15) is 144 Å². The molecule has 81 heavy (non-hydrogen) atoms. The molecule has 0 spiro atoms. The Labute approximate surface area is 479 Å². The first kappa shape index (κ1) is 57.7. The van der Waals surface area contributed by atoms with E-state index < -0.39 is 36.1 Å².